The van der Waals surface area contributed by atoms with Gasteiger partial charge in [0, 0.05) is 5.92 Å². The molecular weight excluding hydrogens is 274 g/mol. The molecule has 3 N–H and O–H groups in total. The van der Waals surface area contributed by atoms with E-state index in [9.17, 15) is 9.59 Å². The number of hydrazone groups is 1. The van der Waals surface area contributed by atoms with Crippen molar-refractivity contribution >= 4 is 18.0 Å². The lowest BCUT2D eigenvalue weighted by Gasteiger charge is -2.09. The number of hydrogen-bond donors (Lipinski definition) is 2. The molecule has 1 fully saturated rings. The number of carbonyl (C=O) groups is 2. The van der Waals surface area contributed by atoms with Crippen molar-refractivity contribution in [2.75, 3.05) is 13.7 Å². The molecule has 7 heteroatoms. The molecule has 0 aliphatic heterocycles. The monoisotopic (exact) mass is 291 g/mol. The predicted molar refractivity (Wildman–Crippen MR) is 76.1 cm³/mol. The zero-order chi connectivity index (χ0) is 15.2. The Kier molecular flexibility index (Phi) is 4.76. The number of rotatable bonds is 7. The van der Waals surface area contributed by atoms with Crippen LogP contribution in [0.1, 0.15) is 18.4 Å². The van der Waals surface area contributed by atoms with E-state index in [0.717, 1.165) is 18.4 Å². The van der Waals surface area contributed by atoms with Gasteiger partial charge in [-0.25, -0.2) is 5.43 Å². The Labute approximate surface area is 122 Å². The highest BCUT2D eigenvalue weighted by Gasteiger charge is 2.29. The Morgan fingerprint density at radius 2 is 2.19 bits per heavy atom. The fraction of sp³-hybridized carbons (Fsp3) is 0.357. The van der Waals surface area contributed by atoms with Gasteiger partial charge in [0.2, 0.25) is 5.91 Å². The average molecular weight is 291 g/mol. The molecule has 2 rings (SSSR count). The predicted octanol–water partition coefficient (Wildman–Crippen LogP) is 0.419. The molecule has 0 spiro atoms. The van der Waals surface area contributed by atoms with Crippen LogP contribution in [-0.4, -0.2) is 31.7 Å². The minimum absolute atomic E-state index is 0.0559. The van der Waals surface area contributed by atoms with E-state index in [1.807, 2.05) is 0 Å². The van der Waals surface area contributed by atoms with Gasteiger partial charge in [-0.2, -0.15) is 5.10 Å². The summed E-state index contributed by atoms with van der Waals surface area (Å²) in [6.07, 6.45) is 3.38. The summed E-state index contributed by atoms with van der Waals surface area (Å²) in [6, 6.07) is 5.06. The zero-order valence-electron chi connectivity index (χ0n) is 11.7. The summed E-state index contributed by atoms with van der Waals surface area (Å²) >= 11 is 0. The van der Waals surface area contributed by atoms with Crippen LogP contribution in [0.2, 0.25) is 0 Å². The number of ether oxygens (including phenoxy) is 2. The third-order valence-corrected chi connectivity index (χ3v) is 2.89. The minimum atomic E-state index is -0.564. The maximum Gasteiger partial charge on any atom is 0.255 e. The molecule has 7 nitrogen and oxygen atoms in total. The van der Waals surface area contributed by atoms with E-state index in [1.54, 1.807) is 18.2 Å². The van der Waals surface area contributed by atoms with E-state index in [2.05, 4.69) is 10.5 Å². The third kappa shape index (κ3) is 4.48. The molecule has 2 amide bonds. The molecule has 1 aromatic rings. The SMILES string of the molecule is COc1cc(/C=N/NC(=O)C2CC2)ccc1OCC(N)=O. The highest BCUT2D eigenvalue weighted by Crippen LogP contribution is 2.29. The molecule has 0 unspecified atom stereocenters. The summed E-state index contributed by atoms with van der Waals surface area (Å²) in [5.41, 5.74) is 8.23. The largest absolute Gasteiger partial charge is 0.493 e. The lowest BCUT2D eigenvalue weighted by Crippen LogP contribution is -2.20. The Hall–Kier alpha value is -2.57. The summed E-state index contributed by atoms with van der Waals surface area (Å²) in [6.45, 7) is -0.221. The van der Waals surface area contributed by atoms with E-state index in [0.29, 0.717) is 11.5 Å². The molecule has 0 atom stereocenters. The van der Waals surface area contributed by atoms with Crippen molar-refractivity contribution in [3.8, 4) is 11.5 Å². The van der Waals surface area contributed by atoms with Crippen LogP contribution in [0.25, 0.3) is 0 Å². The van der Waals surface area contributed by atoms with E-state index in [4.69, 9.17) is 15.2 Å². The lowest BCUT2D eigenvalue weighted by atomic mass is 10.2. The van der Waals surface area contributed by atoms with Gasteiger partial charge >= 0.3 is 0 Å². The Balaban J connectivity index is 1.98. The molecule has 1 aromatic carbocycles. The Morgan fingerprint density at radius 3 is 2.81 bits per heavy atom. The molecule has 1 saturated carbocycles. The van der Waals surface area contributed by atoms with Gasteiger partial charge in [-0.15, -0.1) is 0 Å². The highest BCUT2D eigenvalue weighted by atomic mass is 16.5. The summed E-state index contributed by atoms with van der Waals surface area (Å²) in [7, 11) is 1.49. The standard InChI is InChI=1S/C14H17N3O4/c1-20-12-6-9(2-5-11(12)21-8-13(15)18)7-16-17-14(19)10-3-4-10/h2,5-7,10H,3-4,8H2,1H3,(H2,15,18)(H,17,19)/b16-7+. The fourth-order valence-electron chi connectivity index (χ4n) is 1.64. The molecule has 0 heterocycles. The van der Waals surface area contributed by atoms with Crippen LogP contribution in [0.3, 0.4) is 0 Å². The molecule has 21 heavy (non-hydrogen) atoms. The number of nitrogens with two attached hydrogens (primary N) is 1. The minimum Gasteiger partial charge on any atom is -0.493 e. The molecule has 112 valence electrons. The third-order valence-electron chi connectivity index (χ3n) is 2.89. The van der Waals surface area contributed by atoms with Gasteiger partial charge in [0.1, 0.15) is 0 Å². The first-order chi connectivity index (χ1) is 10.1. The van der Waals surface area contributed by atoms with Crippen molar-refractivity contribution in [1.82, 2.24) is 5.43 Å². The molecule has 1 aliphatic rings. The number of carbonyl (C=O) groups excluding carboxylic acids is 2. The Morgan fingerprint density at radius 1 is 1.43 bits per heavy atom. The maximum absolute atomic E-state index is 11.4. The van der Waals surface area contributed by atoms with Crippen molar-refractivity contribution in [2.45, 2.75) is 12.8 Å². The maximum atomic E-state index is 11.4. The highest BCUT2D eigenvalue weighted by molar-refractivity contribution is 5.85. The van der Waals surface area contributed by atoms with Crippen molar-refractivity contribution in [3.05, 3.63) is 23.8 Å². The van der Waals surface area contributed by atoms with E-state index < -0.39 is 5.91 Å². The summed E-state index contributed by atoms with van der Waals surface area (Å²) in [5, 5.41) is 3.89. The van der Waals surface area contributed by atoms with Crippen LogP contribution in [0.15, 0.2) is 23.3 Å². The second-order valence-corrected chi connectivity index (χ2v) is 4.67. The second-order valence-electron chi connectivity index (χ2n) is 4.67. The van der Waals surface area contributed by atoms with Crippen LogP contribution in [0.4, 0.5) is 0 Å². The topological polar surface area (TPSA) is 103 Å². The van der Waals surface area contributed by atoms with Gasteiger partial charge in [0.15, 0.2) is 18.1 Å². The van der Waals surface area contributed by atoms with Crippen LogP contribution in [0, 0.1) is 5.92 Å². The fourth-order valence-corrected chi connectivity index (χ4v) is 1.64. The van der Waals surface area contributed by atoms with Crippen LogP contribution in [0.5, 0.6) is 11.5 Å². The average Bonchev–Trinajstić information content (AvgIpc) is 3.30. The first-order valence-electron chi connectivity index (χ1n) is 6.52. The van der Waals surface area contributed by atoms with Gasteiger partial charge in [-0.3, -0.25) is 9.59 Å². The quantitative estimate of drug-likeness (QED) is 0.561. The number of amides is 2. The number of nitrogens with one attached hydrogen (secondary N) is 1. The molecular formula is C14H17N3O4. The summed E-state index contributed by atoms with van der Waals surface area (Å²) in [5.74, 6) is 0.357. The van der Waals surface area contributed by atoms with Crippen LogP contribution >= 0.6 is 0 Å². The van der Waals surface area contributed by atoms with Crippen molar-refractivity contribution in [1.29, 1.82) is 0 Å². The molecule has 0 bridgehead atoms. The number of primary amides is 1. The molecule has 0 saturated heterocycles. The van der Waals surface area contributed by atoms with Gasteiger partial charge in [0.25, 0.3) is 5.91 Å². The van der Waals surface area contributed by atoms with Crippen LogP contribution in [-0.2, 0) is 9.59 Å². The Bertz CT molecular complexity index is 567. The van der Waals surface area contributed by atoms with Crippen molar-refractivity contribution < 1.29 is 19.1 Å². The molecule has 1 aliphatic carbocycles. The van der Waals surface area contributed by atoms with E-state index in [1.165, 1.54) is 13.3 Å². The zero-order valence-corrected chi connectivity index (χ0v) is 11.7. The number of benzene rings is 1. The number of nitrogens with zero attached hydrogens (tertiary/aromatic N) is 1. The smallest absolute Gasteiger partial charge is 0.255 e. The lowest BCUT2D eigenvalue weighted by molar-refractivity contribution is -0.122. The first-order valence-corrected chi connectivity index (χ1v) is 6.52. The van der Waals surface area contributed by atoms with E-state index in [-0.39, 0.29) is 18.4 Å². The van der Waals surface area contributed by atoms with Gasteiger partial charge < -0.3 is 15.2 Å². The van der Waals surface area contributed by atoms with Gasteiger partial charge in [0.05, 0.1) is 13.3 Å². The second kappa shape index (κ2) is 6.74. The molecule has 0 aromatic heterocycles. The van der Waals surface area contributed by atoms with Crippen molar-refractivity contribution in [2.24, 2.45) is 16.8 Å². The summed E-state index contributed by atoms with van der Waals surface area (Å²) < 4.78 is 10.4. The van der Waals surface area contributed by atoms with Crippen LogP contribution < -0.4 is 20.6 Å². The normalized spacial score (nSPS) is 14.0. The van der Waals surface area contributed by atoms with Gasteiger partial charge in [-0.1, -0.05) is 0 Å². The van der Waals surface area contributed by atoms with Crippen molar-refractivity contribution in [3.63, 3.8) is 0 Å². The number of hydrogen-bond acceptors (Lipinski definition) is 5. The van der Waals surface area contributed by atoms with Gasteiger partial charge in [-0.05, 0) is 36.6 Å². The van der Waals surface area contributed by atoms with E-state index >= 15 is 0 Å². The summed E-state index contributed by atoms with van der Waals surface area (Å²) in [4.78, 5) is 22.1. The molecule has 0 radical (unpaired) electrons. The first kappa shape index (κ1) is 14.8. The number of methoxy groups -OCH3 is 1.